The minimum Gasteiger partial charge on any atom is -0.334 e. The number of pyridine rings is 1. The van der Waals surface area contributed by atoms with E-state index < -0.39 is 0 Å². The van der Waals surface area contributed by atoms with E-state index in [1.54, 1.807) is 0 Å². The number of nitrogens with one attached hydrogen (secondary N) is 1. The Morgan fingerprint density at radius 1 is 1.30 bits per heavy atom. The summed E-state index contributed by atoms with van der Waals surface area (Å²) in [5, 5.41) is 3.44. The van der Waals surface area contributed by atoms with Crippen molar-refractivity contribution in [3.05, 3.63) is 30.1 Å². The Balaban J connectivity index is 2.10. The Kier molecular flexibility index (Phi) is 7.03. The van der Waals surface area contributed by atoms with Crippen molar-refractivity contribution in [1.29, 1.82) is 0 Å². The predicted octanol–water partition coefficient (Wildman–Crippen LogP) is 3.23. The van der Waals surface area contributed by atoms with Crippen LogP contribution in [-0.2, 0) is 11.3 Å². The number of carbonyl (C=O) groups is 1. The average Bonchev–Trinajstić information content (AvgIpc) is 2.82. The van der Waals surface area contributed by atoms with Gasteiger partial charge >= 0.3 is 0 Å². The predicted molar refractivity (Wildman–Crippen MR) is 93.9 cm³/mol. The van der Waals surface area contributed by atoms with Crippen molar-refractivity contribution in [2.45, 2.75) is 59.0 Å². The molecule has 4 heteroatoms. The fourth-order valence-electron chi connectivity index (χ4n) is 3.03. The minimum atomic E-state index is 0.281. The van der Waals surface area contributed by atoms with Crippen LogP contribution >= 0.6 is 0 Å². The van der Waals surface area contributed by atoms with Crippen molar-refractivity contribution in [2.75, 3.05) is 13.1 Å². The highest BCUT2D eigenvalue weighted by Crippen LogP contribution is 2.21. The molecule has 1 aromatic heterocycles. The quantitative estimate of drug-likeness (QED) is 0.876. The summed E-state index contributed by atoms with van der Waals surface area (Å²) in [6.07, 6.45) is 5.70. The maximum Gasteiger partial charge on any atom is 0.223 e. The fourth-order valence-corrected chi connectivity index (χ4v) is 3.03. The maximum absolute atomic E-state index is 13.0. The summed E-state index contributed by atoms with van der Waals surface area (Å²) in [7, 11) is 0. The first kappa shape index (κ1) is 17.9. The van der Waals surface area contributed by atoms with Crippen LogP contribution in [0.5, 0.6) is 0 Å². The molecule has 0 saturated carbocycles. The lowest BCUT2D eigenvalue weighted by molar-refractivity contribution is -0.135. The summed E-state index contributed by atoms with van der Waals surface area (Å²) < 4.78 is 0. The molecule has 1 fully saturated rings. The number of amides is 1. The van der Waals surface area contributed by atoms with Crippen molar-refractivity contribution in [2.24, 2.45) is 11.8 Å². The summed E-state index contributed by atoms with van der Waals surface area (Å²) in [6.45, 7) is 9.25. The second kappa shape index (κ2) is 9.02. The lowest BCUT2D eigenvalue weighted by Gasteiger charge is -2.32. The number of rotatable bonds is 6. The molecule has 0 spiro atoms. The number of aromatic nitrogens is 1. The molecule has 4 nitrogen and oxygen atoms in total. The Morgan fingerprint density at radius 2 is 2.13 bits per heavy atom. The van der Waals surface area contributed by atoms with Gasteiger partial charge < -0.3 is 10.2 Å². The third-order valence-electron chi connectivity index (χ3n) is 5.00. The molecule has 2 atom stereocenters. The third-order valence-corrected chi connectivity index (χ3v) is 5.00. The summed E-state index contributed by atoms with van der Waals surface area (Å²) in [4.78, 5) is 19.5. The zero-order valence-electron chi connectivity index (χ0n) is 14.8. The van der Waals surface area contributed by atoms with E-state index in [9.17, 15) is 4.79 Å². The van der Waals surface area contributed by atoms with E-state index in [0.717, 1.165) is 38.0 Å². The van der Waals surface area contributed by atoms with E-state index in [0.29, 0.717) is 30.8 Å². The second-order valence-electron chi connectivity index (χ2n) is 7.10. The first-order chi connectivity index (χ1) is 11.1. The topological polar surface area (TPSA) is 45.2 Å². The minimum absolute atomic E-state index is 0.281. The molecule has 0 radical (unpaired) electrons. The van der Waals surface area contributed by atoms with Crippen LogP contribution in [0.15, 0.2) is 24.4 Å². The number of hydrogen-bond acceptors (Lipinski definition) is 3. The van der Waals surface area contributed by atoms with E-state index >= 15 is 0 Å². The highest BCUT2D eigenvalue weighted by Gasteiger charge is 2.26. The second-order valence-corrected chi connectivity index (χ2v) is 7.10. The average molecular weight is 317 g/mol. The zero-order chi connectivity index (χ0) is 16.7. The van der Waals surface area contributed by atoms with Gasteiger partial charge in [-0.15, -0.1) is 0 Å². The van der Waals surface area contributed by atoms with Crippen molar-refractivity contribution in [3.63, 3.8) is 0 Å². The van der Waals surface area contributed by atoms with Gasteiger partial charge in [0.2, 0.25) is 5.91 Å². The van der Waals surface area contributed by atoms with Gasteiger partial charge in [-0.2, -0.15) is 0 Å². The molecule has 1 N–H and O–H groups in total. The van der Waals surface area contributed by atoms with Gasteiger partial charge in [-0.1, -0.05) is 26.8 Å². The zero-order valence-corrected chi connectivity index (χ0v) is 14.8. The molecular weight excluding hydrogens is 286 g/mol. The molecule has 0 aromatic carbocycles. The van der Waals surface area contributed by atoms with Crippen molar-refractivity contribution in [3.8, 4) is 0 Å². The van der Waals surface area contributed by atoms with Crippen LogP contribution in [-0.4, -0.2) is 34.9 Å². The maximum atomic E-state index is 13.0. The van der Waals surface area contributed by atoms with Crippen molar-refractivity contribution in [1.82, 2.24) is 15.2 Å². The Labute approximate surface area is 140 Å². The lowest BCUT2D eigenvalue weighted by Crippen LogP contribution is -2.41. The largest absolute Gasteiger partial charge is 0.334 e. The van der Waals surface area contributed by atoms with Gasteiger partial charge in [0, 0.05) is 18.7 Å². The summed E-state index contributed by atoms with van der Waals surface area (Å²) in [5.41, 5.74) is 0.982. The van der Waals surface area contributed by atoms with Gasteiger partial charge in [0.05, 0.1) is 12.2 Å². The van der Waals surface area contributed by atoms with Crippen molar-refractivity contribution >= 4 is 5.91 Å². The fraction of sp³-hybridized carbons (Fsp3) is 0.684. The highest BCUT2D eigenvalue weighted by atomic mass is 16.2. The Hall–Kier alpha value is -1.42. The van der Waals surface area contributed by atoms with Crippen LogP contribution in [0, 0.1) is 11.8 Å². The highest BCUT2D eigenvalue weighted by molar-refractivity contribution is 5.76. The molecular formula is C19H31N3O. The summed E-state index contributed by atoms with van der Waals surface area (Å²) in [5.74, 6) is 1.23. The van der Waals surface area contributed by atoms with Gasteiger partial charge in [0.25, 0.3) is 0 Å². The molecule has 1 aliphatic heterocycles. The molecule has 1 saturated heterocycles. The Bertz CT molecular complexity index is 467. The van der Waals surface area contributed by atoms with Gasteiger partial charge in [-0.05, 0) is 56.3 Å². The van der Waals surface area contributed by atoms with E-state index in [2.05, 4.69) is 36.0 Å². The van der Waals surface area contributed by atoms with E-state index in [1.165, 1.54) is 0 Å². The van der Waals surface area contributed by atoms with Gasteiger partial charge in [0.1, 0.15) is 0 Å². The van der Waals surface area contributed by atoms with Gasteiger partial charge in [-0.25, -0.2) is 0 Å². The molecule has 128 valence electrons. The lowest BCUT2D eigenvalue weighted by atomic mass is 9.93. The number of nitrogens with zero attached hydrogens (tertiary/aromatic N) is 2. The molecule has 2 heterocycles. The van der Waals surface area contributed by atoms with E-state index in [1.807, 2.05) is 24.4 Å². The van der Waals surface area contributed by atoms with Crippen LogP contribution in [0.3, 0.4) is 0 Å². The van der Waals surface area contributed by atoms with Gasteiger partial charge in [0.15, 0.2) is 0 Å². The molecule has 1 aromatic rings. The molecule has 23 heavy (non-hydrogen) atoms. The molecule has 1 amide bonds. The van der Waals surface area contributed by atoms with Crippen LogP contribution in [0.25, 0.3) is 0 Å². The molecule has 0 aliphatic carbocycles. The molecule has 2 unspecified atom stereocenters. The SMILES string of the molecule is CC(C)C(C)CC(=O)N(Cc1ccccn1)C1CCCNCC1. The van der Waals surface area contributed by atoms with Crippen LogP contribution in [0.4, 0.5) is 0 Å². The van der Waals surface area contributed by atoms with Crippen LogP contribution < -0.4 is 5.32 Å². The van der Waals surface area contributed by atoms with Crippen LogP contribution in [0.2, 0.25) is 0 Å². The van der Waals surface area contributed by atoms with E-state index in [4.69, 9.17) is 0 Å². The third kappa shape index (κ3) is 5.61. The molecule has 1 aliphatic rings. The number of carbonyl (C=O) groups excluding carboxylic acids is 1. The smallest absolute Gasteiger partial charge is 0.223 e. The standard InChI is InChI=1S/C19H31N3O/c1-15(2)16(3)13-19(23)22(14-17-7-4-5-11-21-17)18-8-6-10-20-12-9-18/h4-5,7,11,15-16,18,20H,6,8-10,12-14H2,1-3H3. The molecule has 0 bridgehead atoms. The first-order valence-corrected chi connectivity index (χ1v) is 8.98. The van der Waals surface area contributed by atoms with Crippen LogP contribution in [0.1, 0.15) is 52.1 Å². The van der Waals surface area contributed by atoms with E-state index in [-0.39, 0.29) is 5.91 Å². The van der Waals surface area contributed by atoms with Crippen molar-refractivity contribution < 1.29 is 4.79 Å². The molecule has 2 rings (SSSR count). The first-order valence-electron chi connectivity index (χ1n) is 8.98. The summed E-state index contributed by atoms with van der Waals surface area (Å²) in [6, 6.07) is 6.27. The normalized spacial score (nSPS) is 20.1. The number of hydrogen-bond donors (Lipinski definition) is 1. The Morgan fingerprint density at radius 3 is 2.83 bits per heavy atom. The van der Waals surface area contributed by atoms with Gasteiger partial charge in [-0.3, -0.25) is 9.78 Å². The summed E-state index contributed by atoms with van der Waals surface area (Å²) >= 11 is 0. The monoisotopic (exact) mass is 317 g/mol.